The molecule has 2 atom stereocenters. The summed E-state index contributed by atoms with van der Waals surface area (Å²) in [6.07, 6.45) is 4.54. The first kappa shape index (κ1) is 26.4. The van der Waals surface area contributed by atoms with Crippen molar-refractivity contribution in [2.24, 2.45) is 5.41 Å². The predicted octanol–water partition coefficient (Wildman–Crippen LogP) is 5.53. The van der Waals surface area contributed by atoms with Gasteiger partial charge in [0.15, 0.2) is 11.6 Å². The number of hydrogen-bond acceptors (Lipinski definition) is 6. The number of rotatable bonds is 7. The number of hydrogen-bond donors (Lipinski definition) is 3. The lowest BCUT2D eigenvalue weighted by molar-refractivity contribution is -0.119. The molecule has 3 aliphatic rings. The van der Waals surface area contributed by atoms with Crippen molar-refractivity contribution in [3.8, 4) is 16.9 Å². The van der Waals surface area contributed by atoms with E-state index in [2.05, 4.69) is 26.0 Å². The molecule has 2 aromatic carbocycles. The number of benzene rings is 2. The van der Waals surface area contributed by atoms with Gasteiger partial charge in [-0.2, -0.15) is 5.10 Å². The Morgan fingerprint density at radius 1 is 1.10 bits per heavy atom. The van der Waals surface area contributed by atoms with Gasteiger partial charge in [0.1, 0.15) is 23.6 Å². The fourth-order valence-electron chi connectivity index (χ4n) is 6.20. The van der Waals surface area contributed by atoms with Gasteiger partial charge in [-0.15, -0.1) is 0 Å². The number of aromatic amines is 1. The van der Waals surface area contributed by atoms with Crippen LogP contribution in [-0.2, 0) is 4.79 Å². The van der Waals surface area contributed by atoms with Crippen LogP contribution in [0.25, 0.3) is 11.1 Å². The molecular weight excluding hydrogens is 544 g/mol. The number of nitrogens with one attached hydrogen (secondary N) is 3. The normalized spacial score (nSPS) is 19.1. The zero-order chi connectivity index (χ0) is 29.2. The Bertz CT molecular complexity index is 1690. The number of aryl methyl sites for hydroxylation is 2. The largest absolute Gasteiger partial charge is 0.493 e. The molecule has 216 valence electrons. The number of H-pyrrole nitrogens is 1. The van der Waals surface area contributed by atoms with Gasteiger partial charge in [-0.05, 0) is 63.3 Å². The van der Waals surface area contributed by atoms with Crippen LogP contribution in [0.15, 0.2) is 47.2 Å². The van der Waals surface area contributed by atoms with E-state index in [1.807, 2.05) is 26.0 Å². The number of fused-ring (bicyclic) bond motifs is 1. The van der Waals surface area contributed by atoms with Crippen LogP contribution in [0.4, 0.5) is 14.5 Å². The second-order valence-electron chi connectivity index (χ2n) is 11.6. The molecule has 3 N–H and O–H groups in total. The van der Waals surface area contributed by atoms with Gasteiger partial charge in [0.05, 0.1) is 18.0 Å². The van der Waals surface area contributed by atoms with E-state index in [1.54, 1.807) is 12.1 Å². The summed E-state index contributed by atoms with van der Waals surface area (Å²) in [5.74, 6) is -3.40. The van der Waals surface area contributed by atoms with E-state index in [9.17, 15) is 18.4 Å². The van der Waals surface area contributed by atoms with Gasteiger partial charge in [-0.25, -0.2) is 8.78 Å². The maximum Gasteiger partial charge on any atom is 0.257 e. The van der Waals surface area contributed by atoms with Crippen molar-refractivity contribution in [3.05, 3.63) is 82.5 Å². The first-order valence-electron chi connectivity index (χ1n) is 14.0. The molecule has 2 aliphatic carbocycles. The number of halogens is 2. The van der Waals surface area contributed by atoms with E-state index in [1.165, 1.54) is 6.26 Å². The van der Waals surface area contributed by atoms with Crippen molar-refractivity contribution in [1.29, 1.82) is 0 Å². The molecule has 2 aromatic heterocycles. The van der Waals surface area contributed by atoms with Crippen LogP contribution in [0.3, 0.4) is 0 Å². The van der Waals surface area contributed by atoms with Gasteiger partial charge in [0, 0.05) is 45.8 Å². The second kappa shape index (κ2) is 9.78. The van der Waals surface area contributed by atoms with Gasteiger partial charge >= 0.3 is 0 Å². The minimum atomic E-state index is -1.12. The molecule has 2 saturated carbocycles. The summed E-state index contributed by atoms with van der Waals surface area (Å²) in [5, 5.41) is 17.1. The standard InChI is InChI=1S/C31H29F2N5O4/c1-15-25(16(2)37-36-15)17-5-7-19(8-6-17)34-30(40)28(35-29(39)21-13-42-38-27(21)18-3-4-18)26-20-11-22(32)23(33)12-24(20)41-14-31(26)9-10-31/h5-8,11-13,18,26,28H,3-4,9-10,14H2,1-2H3,(H,34,40)(H,35,39)(H,36,37)/t26?,28-/m0/s1. The minimum Gasteiger partial charge on any atom is -0.493 e. The Morgan fingerprint density at radius 2 is 1.83 bits per heavy atom. The molecule has 7 rings (SSSR count). The summed E-state index contributed by atoms with van der Waals surface area (Å²) in [5.41, 5.74) is 4.93. The van der Waals surface area contributed by atoms with Crippen molar-refractivity contribution in [2.75, 3.05) is 11.9 Å². The minimum absolute atomic E-state index is 0.147. The maximum atomic E-state index is 14.6. The molecule has 0 saturated heterocycles. The van der Waals surface area contributed by atoms with Crippen LogP contribution in [0.2, 0.25) is 0 Å². The smallest absolute Gasteiger partial charge is 0.257 e. The highest BCUT2D eigenvalue weighted by molar-refractivity contribution is 6.02. The highest BCUT2D eigenvalue weighted by Crippen LogP contribution is 2.61. The van der Waals surface area contributed by atoms with Gasteiger partial charge in [0.2, 0.25) is 5.91 Å². The lowest BCUT2D eigenvalue weighted by atomic mass is 9.75. The molecule has 11 heteroatoms. The highest BCUT2D eigenvalue weighted by Gasteiger charge is 2.58. The fourth-order valence-corrected chi connectivity index (χ4v) is 6.20. The summed E-state index contributed by atoms with van der Waals surface area (Å²) < 4.78 is 39.7. The molecule has 9 nitrogen and oxygen atoms in total. The summed E-state index contributed by atoms with van der Waals surface area (Å²) in [6, 6.07) is 8.31. The Balaban J connectivity index is 1.23. The third kappa shape index (κ3) is 4.53. The highest BCUT2D eigenvalue weighted by atomic mass is 19.2. The number of carbonyl (C=O) groups excluding carboxylic acids is 2. The van der Waals surface area contributed by atoms with Crippen LogP contribution in [-0.4, -0.2) is 39.8 Å². The maximum absolute atomic E-state index is 14.6. The average Bonchev–Trinajstić information content (AvgIpc) is 3.89. The van der Waals surface area contributed by atoms with Crippen molar-refractivity contribution in [2.45, 2.75) is 57.4 Å². The topological polar surface area (TPSA) is 122 Å². The first-order chi connectivity index (χ1) is 20.2. The van der Waals surface area contributed by atoms with Crippen molar-refractivity contribution in [1.82, 2.24) is 20.7 Å². The van der Waals surface area contributed by atoms with E-state index < -0.39 is 40.8 Å². The summed E-state index contributed by atoms with van der Waals surface area (Å²) in [6.45, 7) is 4.09. The van der Waals surface area contributed by atoms with Gasteiger partial charge in [-0.1, -0.05) is 17.3 Å². The first-order valence-corrected chi connectivity index (χ1v) is 14.0. The molecule has 1 aliphatic heterocycles. The van der Waals surface area contributed by atoms with E-state index in [-0.39, 0.29) is 23.8 Å². The zero-order valence-corrected chi connectivity index (χ0v) is 23.1. The number of nitrogens with zero attached hydrogens (tertiary/aromatic N) is 2. The summed E-state index contributed by atoms with van der Waals surface area (Å²) in [7, 11) is 0. The van der Waals surface area contributed by atoms with E-state index >= 15 is 0 Å². The number of amides is 2. The van der Waals surface area contributed by atoms with Crippen molar-refractivity contribution < 1.29 is 27.6 Å². The zero-order valence-electron chi connectivity index (χ0n) is 23.1. The molecule has 2 amide bonds. The molecule has 0 radical (unpaired) electrons. The molecule has 4 aromatic rings. The van der Waals surface area contributed by atoms with Crippen LogP contribution < -0.4 is 15.4 Å². The Hall–Kier alpha value is -4.54. The number of ether oxygens (including phenoxy) is 1. The molecule has 1 spiro atoms. The molecule has 3 heterocycles. The van der Waals surface area contributed by atoms with Crippen LogP contribution in [0.1, 0.15) is 70.5 Å². The SMILES string of the molecule is Cc1n[nH]c(C)c1-c1ccc(NC(=O)[C@@H](NC(=O)c2conc2C2CC2)C2c3cc(F)c(F)cc3OCC23CC3)cc1. The average molecular weight is 574 g/mol. The Morgan fingerprint density at radius 3 is 2.50 bits per heavy atom. The van der Waals surface area contributed by atoms with Crippen LogP contribution in [0.5, 0.6) is 5.75 Å². The Labute approximate surface area is 240 Å². The van der Waals surface area contributed by atoms with E-state index in [0.29, 0.717) is 29.8 Å². The quantitative estimate of drug-likeness (QED) is 0.267. The second-order valence-corrected chi connectivity index (χ2v) is 11.6. The Kier molecular flexibility index (Phi) is 6.14. The van der Waals surface area contributed by atoms with Gasteiger partial charge < -0.3 is 19.9 Å². The molecule has 42 heavy (non-hydrogen) atoms. The summed E-state index contributed by atoms with van der Waals surface area (Å²) >= 11 is 0. The van der Waals surface area contributed by atoms with Crippen molar-refractivity contribution in [3.63, 3.8) is 0 Å². The van der Waals surface area contributed by atoms with E-state index in [0.717, 1.165) is 47.5 Å². The lowest BCUT2D eigenvalue weighted by Gasteiger charge is -2.38. The molecule has 2 fully saturated rings. The third-order valence-electron chi connectivity index (χ3n) is 8.73. The molecule has 0 bridgehead atoms. The number of aromatic nitrogens is 3. The fraction of sp³-hybridized carbons (Fsp3) is 0.355. The monoisotopic (exact) mass is 573 g/mol. The molecular formula is C31H29F2N5O4. The number of anilines is 1. The van der Waals surface area contributed by atoms with Crippen LogP contribution >= 0.6 is 0 Å². The van der Waals surface area contributed by atoms with Crippen molar-refractivity contribution >= 4 is 17.5 Å². The number of carbonyl (C=O) groups is 2. The third-order valence-corrected chi connectivity index (χ3v) is 8.73. The predicted molar refractivity (Wildman–Crippen MR) is 148 cm³/mol. The van der Waals surface area contributed by atoms with Crippen LogP contribution in [0, 0.1) is 30.9 Å². The van der Waals surface area contributed by atoms with Gasteiger partial charge in [0.25, 0.3) is 5.91 Å². The van der Waals surface area contributed by atoms with E-state index in [4.69, 9.17) is 9.26 Å². The summed E-state index contributed by atoms with van der Waals surface area (Å²) in [4.78, 5) is 27.7. The van der Waals surface area contributed by atoms with Gasteiger partial charge in [-0.3, -0.25) is 14.7 Å². The molecule has 1 unspecified atom stereocenters. The lowest BCUT2D eigenvalue weighted by Crippen LogP contribution is -2.52.